The van der Waals surface area contributed by atoms with Crippen molar-refractivity contribution in [1.82, 2.24) is 0 Å². The predicted octanol–water partition coefficient (Wildman–Crippen LogP) is 4.25. The molecule has 140 valence electrons. The highest BCUT2D eigenvalue weighted by atomic mass is 35.7. The van der Waals surface area contributed by atoms with Gasteiger partial charge in [-0.3, -0.25) is 0 Å². The molecule has 0 aromatic rings. The van der Waals surface area contributed by atoms with Crippen molar-refractivity contribution in [3.05, 3.63) is 0 Å². The van der Waals surface area contributed by atoms with Gasteiger partial charge in [-0.1, -0.05) is 0 Å². The van der Waals surface area contributed by atoms with E-state index in [2.05, 4.69) is 10.7 Å². The zero-order valence-corrected chi connectivity index (χ0v) is 11.1. The van der Waals surface area contributed by atoms with Crippen LogP contribution in [-0.4, -0.2) is 43.5 Å². The molecule has 0 N–H and O–H groups in total. The van der Waals surface area contributed by atoms with Crippen LogP contribution in [0.5, 0.6) is 0 Å². The average molecular weight is 419 g/mol. The first-order valence-corrected chi connectivity index (χ1v) is 6.71. The fraction of sp³-hybridized carbons (Fsp3) is 1.00. The van der Waals surface area contributed by atoms with E-state index >= 15 is 0 Å². The highest BCUT2D eigenvalue weighted by Gasteiger charge is 2.92. The number of halogens is 14. The van der Waals surface area contributed by atoms with Gasteiger partial charge in [-0.2, -0.15) is 57.1 Å². The van der Waals surface area contributed by atoms with Crippen molar-refractivity contribution in [3.63, 3.8) is 0 Å². The second-order valence-corrected chi connectivity index (χ2v) is 6.36. The Balaban J connectivity index is 6.48. The molecular formula is C6ClF13O2S. The Bertz CT molecular complexity index is 562. The lowest BCUT2D eigenvalue weighted by Gasteiger charge is -2.38. The van der Waals surface area contributed by atoms with Crippen LogP contribution in [0.2, 0.25) is 0 Å². The van der Waals surface area contributed by atoms with Crippen molar-refractivity contribution in [2.24, 2.45) is 0 Å². The van der Waals surface area contributed by atoms with E-state index in [0.717, 1.165) is 0 Å². The molecule has 0 bridgehead atoms. The number of alkyl halides is 13. The summed E-state index contributed by atoms with van der Waals surface area (Å²) in [7, 11) is -3.51. The van der Waals surface area contributed by atoms with Gasteiger partial charge < -0.3 is 0 Å². The van der Waals surface area contributed by atoms with E-state index in [4.69, 9.17) is 0 Å². The van der Waals surface area contributed by atoms with Crippen molar-refractivity contribution in [3.8, 4) is 0 Å². The minimum Gasteiger partial charge on any atom is -0.206 e. The molecule has 0 spiro atoms. The van der Waals surface area contributed by atoms with Crippen molar-refractivity contribution in [2.75, 3.05) is 0 Å². The first-order chi connectivity index (χ1) is 9.50. The van der Waals surface area contributed by atoms with Crippen molar-refractivity contribution < 1.29 is 65.5 Å². The Morgan fingerprint density at radius 2 is 0.783 bits per heavy atom. The maximum atomic E-state index is 12.7. The Kier molecular flexibility index (Phi) is 5.01. The van der Waals surface area contributed by atoms with E-state index in [0.29, 0.717) is 0 Å². The van der Waals surface area contributed by atoms with Crippen LogP contribution in [0.1, 0.15) is 0 Å². The molecular weight excluding hydrogens is 419 g/mol. The smallest absolute Gasteiger partial charge is 0.206 e. The van der Waals surface area contributed by atoms with Gasteiger partial charge in [-0.25, -0.2) is 8.42 Å². The van der Waals surface area contributed by atoms with Gasteiger partial charge in [0.25, 0.3) is 0 Å². The van der Waals surface area contributed by atoms with E-state index in [1.165, 1.54) is 0 Å². The SMILES string of the molecule is O=S(=O)(Cl)C(F)(F)C(F)(F)C(F)(F)C(F)(F)C(F)(F)C(F)(F)F. The van der Waals surface area contributed by atoms with Gasteiger partial charge in [0.1, 0.15) is 0 Å². The molecule has 0 rings (SSSR count). The van der Waals surface area contributed by atoms with Crippen LogP contribution in [0.3, 0.4) is 0 Å². The summed E-state index contributed by atoms with van der Waals surface area (Å²) >= 11 is 0. The van der Waals surface area contributed by atoms with Gasteiger partial charge in [0, 0.05) is 10.7 Å². The second kappa shape index (κ2) is 5.16. The summed E-state index contributed by atoms with van der Waals surface area (Å²) in [6.07, 6.45) is -7.56. The van der Waals surface area contributed by atoms with Gasteiger partial charge in [-0.15, -0.1) is 0 Å². The van der Waals surface area contributed by atoms with Crippen molar-refractivity contribution in [1.29, 1.82) is 0 Å². The molecule has 0 aliphatic carbocycles. The average Bonchev–Trinajstić information content (AvgIpc) is 2.24. The summed E-state index contributed by atoms with van der Waals surface area (Å²) in [6, 6.07) is 0. The van der Waals surface area contributed by atoms with Crippen LogP contribution < -0.4 is 0 Å². The molecule has 0 fully saturated rings. The predicted molar refractivity (Wildman–Crippen MR) is 45.6 cm³/mol. The standard InChI is InChI=1S/C6ClF13O2S/c7-23(21,22)6(19,20)4(14,15)2(10,11)1(8,9)3(12,13)5(16,17)18. The van der Waals surface area contributed by atoms with Crippen LogP contribution in [0.4, 0.5) is 57.1 Å². The highest BCUT2D eigenvalue weighted by Crippen LogP contribution is 2.61. The van der Waals surface area contributed by atoms with E-state index in [9.17, 15) is 65.5 Å². The van der Waals surface area contributed by atoms with Crippen LogP contribution in [0.25, 0.3) is 0 Å². The Labute approximate surface area is 121 Å². The van der Waals surface area contributed by atoms with E-state index in [1.54, 1.807) is 0 Å². The molecule has 0 aliphatic heterocycles. The molecule has 0 heterocycles. The molecule has 0 unspecified atom stereocenters. The van der Waals surface area contributed by atoms with E-state index in [1.807, 2.05) is 0 Å². The molecule has 0 saturated heterocycles. The summed E-state index contributed by atoms with van der Waals surface area (Å²) in [4.78, 5) is 0. The van der Waals surface area contributed by atoms with Gasteiger partial charge in [0.05, 0.1) is 0 Å². The third kappa shape index (κ3) is 2.80. The van der Waals surface area contributed by atoms with Crippen molar-refractivity contribution in [2.45, 2.75) is 35.1 Å². The normalized spacial score (nSPS) is 16.6. The first kappa shape index (κ1) is 22.3. The van der Waals surface area contributed by atoms with Gasteiger partial charge >= 0.3 is 44.2 Å². The summed E-state index contributed by atoms with van der Waals surface area (Å²) in [6.45, 7) is 0. The maximum Gasteiger partial charge on any atom is 0.460 e. The molecule has 2 nitrogen and oxygen atoms in total. The van der Waals surface area contributed by atoms with Gasteiger partial charge in [0.15, 0.2) is 0 Å². The fourth-order valence-electron chi connectivity index (χ4n) is 0.908. The molecule has 0 aliphatic rings. The Morgan fingerprint density at radius 3 is 1.00 bits per heavy atom. The second-order valence-electron chi connectivity index (χ2n) is 3.75. The molecule has 0 atom stereocenters. The number of hydrogen-bond donors (Lipinski definition) is 0. The molecule has 0 radical (unpaired) electrons. The first-order valence-electron chi connectivity index (χ1n) is 4.40. The van der Waals surface area contributed by atoms with Gasteiger partial charge in [-0.05, 0) is 0 Å². The quantitative estimate of drug-likeness (QED) is 0.494. The summed E-state index contributed by atoms with van der Waals surface area (Å²) < 4.78 is 181. The third-order valence-electron chi connectivity index (χ3n) is 2.21. The fourth-order valence-corrected chi connectivity index (χ4v) is 1.63. The molecule has 23 heavy (non-hydrogen) atoms. The molecule has 0 aromatic heterocycles. The van der Waals surface area contributed by atoms with Crippen LogP contribution in [0.15, 0.2) is 0 Å². The van der Waals surface area contributed by atoms with E-state index < -0.39 is 44.2 Å². The Morgan fingerprint density at radius 1 is 0.522 bits per heavy atom. The topological polar surface area (TPSA) is 34.1 Å². The van der Waals surface area contributed by atoms with Crippen molar-refractivity contribution >= 4 is 19.7 Å². The summed E-state index contributed by atoms with van der Waals surface area (Å²) in [5.41, 5.74) is 0. The molecule has 17 heteroatoms. The largest absolute Gasteiger partial charge is 0.460 e. The number of rotatable bonds is 5. The minimum absolute atomic E-state index is 3.62. The summed E-state index contributed by atoms with van der Waals surface area (Å²) in [5.74, 6) is -32.2. The summed E-state index contributed by atoms with van der Waals surface area (Å²) in [5, 5.41) is -7.31. The lowest BCUT2D eigenvalue weighted by atomic mass is 9.98. The monoisotopic (exact) mass is 418 g/mol. The molecule has 0 aromatic carbocycles. The Hall–Kier alpha value is -0.670. The van der Waals surface area contributed by atoms with Crippen LogP contribution >= 0.6 is 10.7 Å². The molecule has 0 amide bonds. The zero-order valence-electron chi connectivity index (χ0n) is 9.52. The lowest BCUT2D eigenvalue weighted by Crippen LogP contribution is -2.70. The van der Waals surface area contributed by atoms with Gasteiger partial charge in [0.2, 0.25) is 0 Å². The van der Waals surface area contributed by atoms with Crippen LogP contribution in [-0.2, 0) is 9.05 Å². The molecule has 0 saturated carbocycles. The number of hydrogen-bond acceptors (Lipinski definition) is 2. The maximum absolute atomic E-state index is 12.7. The minimum atomic E-state index is -8.18. The third-order valence-corrected chi connectivity index (χ3v) is 3.66. The zero-order chi connectivity index (χ0) is 19.5. The van der Waals surface area contributed by atoms with E-state index in [-0.39, 0.29) is 0 Å². The highest BCUT2D eigenvalue weighted by molar-refractivity contribution is 8.14. The lowest BCUT2D eigenvalue weighted by molar-refractivity contribution is -0.433. The van der Waals surface area contributed by atoms with Crippen LogP contribution in [0, 0.1) is 0 Å².